The van der Waals surface area contributed by atoms with Crippen LogP contribution in [0, 0.1) is 0 Å². The van der Waals surface area contributed by atoms with Crippen molar-refractivity contribution in [2.24, 2.45) is 0 Å². The van der Waals surface area contributed by atoms with Gasteiger partial charge in [0, 0.05) is 0 Å². The van der Waals surface area contributed by atoms with E-state index < -0.39 is 0 Å². The molecule has 0 unspecified atom stereocenters. The van der Waals surface area contributed by atoms with E-state index in [1.54, 1.807) is 0 Å². The standard InChI is InChI=1S/2Ca.K.Na.6H. The van der Waals surface area contributed by atoms with Crippen LogP contribution < -0.4 is 0 Å². The van der Waals surface area contributed by atoms with E-state index in [0.717, 1.165) is 0 Å². The monoisotopic (exact) mass is 148 g/mol. The van der Waals surface area contributed by atoms with E-state index in [4.69, 9.17) is 0 Å². The predicted molar refractivity (Wildman–Crippen MR) is 31.4 cm³/mol. The maximum absolute atomic E-state index is 0. The molecule has 0 atom stereocenters. The van der Waals surface area contributed by atoms with Crippen LogP contribution in [0.3, 0.4) is 0 Å². The van der Waals surface area contributed by atoms with Gasteiger partial charge in [0.1, 0.15) is 0 Å². The Labute approximate surface area is 151 Å². The van der Waals surface area contributed by atoms with Crippen molar-refractivity contribution >= 4 is 156 Å². The summed E-state index contributed by atoms with van der Waals surface area (Å²) < 4.78 is 0. The summed E-state index contributed by atoms with van der Waals surface area (Å²) in [5.74, 6) is 0. The molecule has 4 heteroatoms. The summed E-state index contributed by atoms with van der Waals surface area (Å²) in [7, 11) is 0. The molecule has 0 N–H and O–H groups in total. The third-order valence-electron chi connectivity index (χ3n) is 0. The van der Waals surface area contributed by atoms with Gasteiger partial charge in [0.2, 0.25) is 0 Å². The maximum atomic E-state index is 0. The molecule has 0 spiro atoms. The Kier molecular flexibility index (Phi) is 90.0. The van der Waals surface area contributed by atoms with Crippen LogP contribution in [0.1, 0.15) is 0 Å². The van der Waals surface area contributed by atoms with Crippen LogP contribution in [-0.4, -0.2) is 156 Å². The van der Waals surface area contributed by atoms with Gasteiger partial charge in [-0.2, -0.15) is 0 Å². The van der Waals surface area contributed by atoms with Crippen molar-refractivity contribution in [1.82, 2.24) is 0 Å². The van der Waals surface area contributed by atoms with Crippen molar-refractivity contribution in [3.8, 4) is 0 Å². The van der Waals surface area contributed by atoms with Gasteiger partial charge < -0.3 is 0 Å². The first-order valence-electron chi connectivity index (χ1n) is 0. The zero-order valence-electron chi connectivity index (χ0n) is 0. The second kappa shape index (κ2) is 15.7. The van der Waals surface area contributed by atoms with E-state index >= 15 is 0 Å². The quantitative estimate of drug-likeness (QED) is 0.319. The molecular weight excluding hydrogens is 142 g/mol. The van der Waals surface area contributed by atoms with Gasteiger partial charge in [-0.05, 0) is 0 Å². The molecule has 0 amide bonds. The molecular formula is H6Ca2KNa. The molecule has 12 valence electrons. The van der Waals surface area contributed by atoms with Crippen LogP contribution in [0.25, 0.3) is 0 Å². The Hall–Kier alpha value is 5.16. The summed E-state index contributed by atoms with van der Waals surface area (Å²) in [5.41, 5.74) is 0. The Morgan fingerprint density at radius 1 is 0.750 bits per heavy atom. The van der Waals surface area contributed by atoms with Gasteiger partial charge >= 0.3 is 156 Å². The minimum atomic E-state index is 0. The zero-order valence-corrected chi connectivity index (χ0v) is 0. The van der Waals surface area contributed by atoms with Gasteiger partial charge in [-0.15, -0.1) is 0 Å². The van der Waals surface area contributed by atoms with Gasteiger partial charge in [-0.1, -0.05) is 0 Å². The van der Waals surface area contributed by atoms with Crippen LogP contribution in [0.4, 0.5) is 0 Å². The fraction of sp³-hybridized carbons (Fsp3) is 0. The van der Waals surface area contributed by atoms with E-state index in [9.17, 15) is 0 Å². The van der Waals surface area contributed by atoms with E-state index in [2.05, 4.69) is 0 Å². The molecule has 0 aromatic carbocycles. The van der Waals surface area contributed by atoms with Crippen molar-refractivity contribution in [3.63, 3.8) is 0 Å². The van der Waals surface area contributed by atoms with Crippen LogP contribution in [0.2, 0.25) is 0 Å². The second-order valence-electron chi connectivity index (χ2n) is 0. The van der Waals surface area contributed by atoms with E-state index in [1.807, 2.05) is 0 Å². The van der Waals surface area contributed by atoms with E-state index in [-0.39, 0.29) is 156 Å². The van der Waals surface area contributed by atoms with E-state index in [0.29, 0.717) is 0 Å². The van der Waals surface area contributed by atoms with Gasteiger partial charge in [0.15, 0.2) is 0 Å². The van der Waals surface area contributed by atoms with Crippen molar-refractivity contribution in [2.75, 3.05) is 0 Å². The molecule has 0 saturated carbocycles. The molecule has 0 nitrogen and oxygen atoms in total. The van der Waals surface area contributed by atoms with Crippen LogP contribution in [0.15, 0.2) is 0 Å². The Balaban J connectivity index is 0. The molecule has 0 aliphatic rings. The summed E-state index contributed by atoms with van der Waals surface area (Å²) in [5, 5.41) is 0. The van der Waals surface area contributed by atoms with Crippen LogP contribution in [-0.2, 0) is 0 Å². The average molecular weight is 148 g/mol. The summed E-state index contributed by atoms with van der Waals surface area (Å²) in [6.07, 6.45) is 0. The fourth-order valence-corrected chi connectivity index (χ4v) is 0. The summed E-state index contributed by atoms with van der Waals surface area (Å²) in [6, 6.07) is 0. The van der Waals surface area contributed by atoms with Gasteiger partial charge in [0.25, 0.3) is 0 Å². The molecule has 0 heterocycles. The summed E-state index contributed by atoms with van der Waals surface area (Å²) in [4.78, 5) is 0. The Bertz CT molecular complexity index is 6.00. The van der Waals surface area contributed by atoms with Crippen LogP contribution in [0.5, 0.6) is 0 Å². The zero-order chi connectivity index (χ0) is 0. The predicted octanol–water partition coefficient (Wildman–Crippen LogP) is -3.13. The summed E-state index contributed by atoms with van der Waals surface area (Å²) in [6.45, 7) is 0. The summed E-state index contributed by atoms with van der Waals surface area (Å²) >= 11 is 0. The molecule has 4 heavy (non-hydrogen) atoms. The molecule has 0 radical (unpaired) electrons. The Morgan fingerprint density at radius 2 is 0.750 bits per heavy atom. The molecule has 0 aliphatic heterocycles. The van der Waals surface area contributed by atoms with Gasteiger partial charge in [-0.3, -0.25) is 0 Å². The first kappa shape index (κ1) is 22.9. The molecule has 0 saturated heterocycles. The SMILES string of the molecule is [CaH2].[CaH2].[KH].[NaH]. The molecule has 0 fully saturated rings. The van der Waals surface area contributed by atoms with Crippen molar-refractivity contribution in [2.45, 2.75) is 0 Å². The van der Waals surface area contributed by atoms with Crippen molar-refractivity contribution in [3.05, 3.63) is 0 Å². The molecule has 0 aliphatic carbocycles. The number of rotatable bonds is 0. The Morgan fingerprint density at radius 3 is 0.750 bits per heavy atom. The van der Waals surface area contributed by atoms with E-state index in [1.165, 1.54) is 0 Å². The number of hydrogen-bond donors (Lipinski definition) is 0. The molecule has 0 aromatic rings. The topological polar surface area (TPSA) is 0 Å². The molecule has 0 rings (SSSR count). The third kappa shape index (κ3) is 10.2. The first-order valence-corrected chi connectivity index (χ1v) is 0. The van der Waals surface area contributed by atoms with Crippen LogP contribution >= 0.6 is 0 Å². The number of hydrogen-bond acceptors (Lipinski definition) is 0. The first-order chi connectivity index (χ1) is 0. The molecule has 0 bridgehead atoms. The molecule has 0 aromatic heterocycles. The second-order valence-corrected chi connectivity index (χ2v) is 0. The van der Waals surface area contributed by atoms with Crippen molar-refractivity contribution in [1.29, 1.82) is 0 Å². The average Bonchev–Trinajstić information content (AvgIpc) is 0. The minimum absolute atomic E-state index is 0. The van der Waals surface area contributed by atoms with Gasteiger partial charge in [0.05, 0.1) is 0 Å². The van der Waals surface area contributed by atoms with Gasteiger partial charge in [-0.25, -0.2) is 0 Å². The third-order valence-corrected chi connectivity index (χ3v) is 0. The van der Waals surface area contributed by atoms with Crippen molar-refractivity contribution < 1.29 is 0 Å². The normalized spacial score (nSPS) is 0. The fourth-order valence-electron chi connectivity index (χ4n) is 0.